The minimum Gasteiger partial charge on any atom is -0.480 e. The third kappa shape index (κ3) is 2.77. The molecule has 0 aliphatic heterocycles. The quantitative estimate of drug-likeness (QED) is 0.647. The van der Waals surface area contributed by atoms with Crippen molar-refractivity contribution in [3.8, 4) is 5.88 Å². The van der Waals surface area contributed by atoms with E-state index >= 15 is 0 Å². The van der Waals surface area contributed by atoms with Gasteiger partial charge in [0.15, 0.2) is 4.90 Å². The summed E-state index contributed by atoms with van der Waals surface area (Å²) in [6, 6.07) is 0.952. The monoisotopic (exact) mass is 364 g/mol. The summed E-state index contributed by atoms with van der Waals surface area (Å²) in [5.74, 6) is -0.426. The van der Waals surface area contributed by atoms with E-state index in [1.807, 2.05) is 0 Å². The van der Waals surface area contributed by atoms with Gasteiger partial charge in [-0.2, -0.15) is 0 Å². The van der Waals surface area contributed by atoms with Gasteiger partial charge in [0.25, 0.3) is 6.43 Å². The van der Waals surface area contributed by atoms with Crippen LogP contribution in [0, 0.1) is 3.70 Å². The molecule has 1 aromatic heterocycles. The van der Waals surface area contributed by atoms with Crippen LogP contribution in [0.4, 0.5) is 8.78 Å². The Labute approximate surface area is 104 Å². The number of methoxy groups -OCH3 is 1. The van der Waals surface area contributed by atoms with Crippen molar-refractivity contribution in [3.63, 3.8) is 0 Å². The van der Waals surface area contributed by atoms with Crippen LogP contribution in [-0.4, -0.2) is 20.5 Å². The minimum absolute atomic E-state index is 0.192. The molecule has 0 saturated carbocycles. The van der Waals surface area contributed by atoms with Crippen LogP contribution < -0.4 is 9.88 Å². The largest absolute Gasteiger partial charge is 0.480 e. The molecule has 2 N–H and O–H groups in total. The van der Waals surface area contributed by atoms with Crippen molar-refractivity contribution in [2.24, 2.45) is 5.14 Å². The maximum Gasteiger partial charge on any atom is 0.265 e. The van der Waals surface area contributed by atoms with Gasteiger partial charge in [0.05, 0.1) is 7.11 Å². The number of hydrogen-bond donors (Lipinski definition) is 1. The number of nitrogens with two attached hydrogens (primary N) is 1. The number of alkyl halides is 2. The standard InChI is InChI=1S/C7H7F2IN2O3S/c1-15-7-5(16(11,13)14)3(6(8)9)2-4(10)12-7/h2,6H,1H3,(H2,11,13,14). The molecule has 0 fully saturated rings. The molecule has 16 heavy (non-hydrogen) atoms. The summed E-state index contributed by atoms with van der Waals surface area (Å²) >= 11 is 1.67. The zero-order valence-corrected chi connectivity index (χ0v) is 10.9. The molecule has 1 heterocycles. The molecule has 0 unspecified atom stereocenters. The molecule has 0 amide bonds. The van der Waals surface area contributed by atoms with Gasteiger partial charge in [-0.3, -0.25) is 0 Å². The Morgan fingerprint density at radius 3 is 2.50 bits per heavy atom. The Balaban J connectivity index is 3.65. The minimum atomic E-state index is -4.31. The lowest BCUT2D eigenvalue weighted by Crippen LogP contribution is -2.17. The Bertz CT molecular complexity index is 507. The topological polar surface area (TPSA) is 82.3 Å². The molecule has 0 aliphatic rings. The molecule has 5 nitrogen and oxygen atoms in total. The van der Waals surface area contributed by atoms with Crippen LogP contribution in [0.1, 0.15) is 12.0 Å². The predicted octanol–water partition coefficient (Wildman–Crippen LogP) is 1.28. The van der Waals surface area contributed by atoms with Gasteiger partial charge in [-0.15, -0.1) is 0 Å². The fourth-order valence-electron chi connectivity index (χ4n) is 1.08. The number of halogens is 3. The number of aromatic nitrogens is 1. The zero-order chi connectivity index (χ0) is 12.5. The van der Waals surface area contributed by atoms with E-state index in [2.05, 4.69) is 9.72 Å². The summed E-state index contributed by atoms with van der Waals surface area (Å²) in [5.41, 5.74) is -0.709. The first-order chi connectivity index (χ1) is 7.27. The summed E-state index contributed by atoms with van der Waals surface area (Å²) in [6.45, 7) is 0. The van der Waals surface area contributed by atoms with Crippen molar-refractivity contribution < 1.29 is 21.9 Å². The first-order valence-electron chi connectivity index (χ1n) is 3.82. The van der Waals surface area contributed by atoms with Crippen molar-refractivity contribution in [1.82, 2.24) is 4.98 Å². The third-order valence-corrected chi connectivity index (χ3v) is 3.18. The Morgan fingerprint density at radius 1 is 1.56 bits per heavy atom. The van der Waals surface area contributed by atoms with E-state index in [0.29, 0.717) is 0 Å². The summed E-state index contributed by atoms with van der Waals surface area (Å²) in [4.78, 5) is 2.90. The molecule has 1 rings (SSSR count). The van der Waals surface area contributed by atoms with Crippen molar-refractivity contribution in [2.45, 2.75) is 11.3 Å². The number of rotatable bonds is 3. The number of nitrogens with zero attached hydrogens (tertiary/aromatic N) is 1. The first-order valence-corrected chi connectivity index (χ1v) is 6.45. The molecular formula is C7H7F2IN2O3S. The van der Waals surface area contributed by atoms with Gasteiger partial charge in [-0.25, -0.2) is 27.3 Å². The maximum atomic E-state index is 12.6. The van der Waals surface area contributed by atoms with E-state index in [1.165, 1.54) is 0 Å². The van der Waals surface area contributed by atoms with Crippen LogP contribution >= 0.6 is 22.6 Å². The number of primary sulfonamides is 1. The number of hydrogen-bond acceptors (Lipinski definition) is 4. The highest BCUT2D eigenvalue weighted by molar-refractivity contribution is 14.1. The van der Waals surface area contributed by atoms with E-state index < -0.39 is 32.8 Å². The average molecular weight is 364 g/mol. The highest BCUT2D eigenvalue weighted by Gasteiger charge is 2.27. The van der Waals surface area contributed by atoms with Gasteiger partial charge in [0, 0.05) is 5.56 Å². The fraction of sp³-hybridized carbons (Fsp3) is 0.286. The van der Waals surface area contributed by atoms with Crippen molar-refractivity contribution in [1.29, 1.82) is 0 Å². The van der Waals surface area contributed by atoms with Crippen molar-refractivity contribution in [2.75, 3.05) is 7.11 Å². The first kappa shape index (κ1) is 13.5. The normalized spacial score (nSPS) is 11.9. The molecule has 0 bridgehead atoms. The summed E-state index contributed by atoms with van der Waals surface area (Å²) in [5, 5.41) is 4.84. The lowest BCUT2D eigenvalue weighted by Gasteiger charge is -2.11. The molecule has 0 radical (unpaired) electrons. The molecule has 0 saturated heterocycles. The highest BCUT2D eigenvalue weighted by Crippen LogP contribution is 2.32. The van der Waals surface area contributed by atoms with E-state index in [1.54, 1.807) is 22.6 Å². The molecule has 1 aromatic rings. The highest BCUT2D eigenvalue weighted by atomic mass is 127. The van der Waals surface area contributed by atoms with Gasteiger partial charge in [-0.1, -0.05) is 0 Å². The van der Waals surface area contributed by atoms with Gasteiger partial charge < -0.3 is 4.74 Å². The van der Waals surface area contributed by atoms with Crippen LogP contribution in [0.25, 0.3) is 0 Å². The Morgan fingerprint density at radius 2 is 2.12 bits per heavy atom. The third-order valence-electron chi connectivity index (χ3n) is 1.65. The van der Waals surface area contributed by atoms with Crippen LogP contribution in [0.5, 0.6) is 5.88 Å². The van der Waals surface area contributed by atoms with Crippen LogP contribution in [0.3, 0.4) is 0 Å². The molecule has 0 spiro atoms. The lowest BCUT2D eigenvalue weighted by atomic mass is 10.3. The molecule has 0 atom stereocenters. The molecular weight excluding hydrogens is 357 g/mol. The van der Waals surface area contributed by atoms with E-state index in [4.69, 9.17) is 5.14 Å². The van der Waals surface area contributed by atoms with Crippen LogP contribution in [0.15, 0.2) is 11.0 Å². The molecule has 0 aromatic carbocycles. The molecule has 9 heteroatoms. The second-order valence-corrected chi connectivity index (χ2v) is 5.32. The summed E-state index contributed by atoms with van der Waals surface area (Å²) < 4.78 is 52.5. The second-order valence-electron chi connectivity index (χ2n) is 2.72. The summed E-state index contributed by atoms with van der Waals surface area (Å²) in [6.07, 6.45) is -2.97. The maximum absolute atomic E-state index is 12.6. The molecule has 90 valence electrons. The zero-order valence-electron chi connectivity index (χ0n) is 7.95. The van der Waals surface area contributed by atoms with Gasteiger partial charge in [0.2, 0.25) is 15.9 Å². The van der Waals surface area contributed by atoms with Gasteiger partial charge in [0.1, 0.15) is 3.70 Å². The van der Waals surface area contributed by atoms with E-state index in [-0.39, 0.29) is 3.70 Å². The predicted molar refractivity (Wildman–Crippen MR) is 59.8 cm³/mol. The number of sulfonamides is 1. The number of ether oxygens (including phenoxy) is 1. The van der Waals surface area contributed by atoms with Crippen LogP contribution in [-0.2, 0) is 10.0 Å². The second kappa shape index (κ2) is 4.75. The molecule has 0 aliphatic carbocycles. The van der Waals surface area contributed by atoms with E-state index in [9.17, 15) is 17.2 Å². The van der Waals surface area contributed by atoms with Gasteiger partial charge >= 0.3 is 0 Å². The van der Waals surface area contributed by atoms with Gasteiger partial charge in [-0.05, 0) is 28.7 Å². The SMILES string of the molecule is COc1nc(I)cc(C(F)F)c1S(N)(=O)=O. The summed E-state index contributed by atoms with van der Waals surface area (Å²) in [7, 11) is -3.18. The number of pyridine rings is 1. The lowest BCUT2D eigenvalue weighted by molar-refractivity contribution is 0.146. The van der Waals surface area contributed by atoms with Crippen LogP contribution in [0.2, 0.25) is 0 Å². The fourth-order valence-corrected chi connectivity index (χ4v) is 2.49. The van der Waals surface area contributed by atoms with Crippen molar-refractivity contribution >= 4 is 32.6 Å². The Hall–Kier alpha value is -0.550. The van der Waals surface area contributed by atoms with Crippen molar-refractivity contribution in [3.05, 3.63) is 15.3 Å². The average Bonchev–Trinajstić information content (AvgIpc) is 2.14. The Kier molecular flexibility index (Phi) is 4.02. The van der Waals surface area contributed by atoms with E-state index in [0.717, 1.165) is 13.2 Å². The smallest absolute Gasteiger partial charge is 0.265 e.